The van der Waals surface area contributed by atoms with Crippen LogP contribution in [0.3, 0.4) is 0 Å². The number of carbonyl (C=O) groups is 2. The number of rotatable bonds is 6. The van der Waals surface area contributed by atoms with E-state index < -0.39 is 10.8 Å². The Morgan fingerprint density at radius 3 is 2.74 bits per heavy atom. The normalized spacial score (nSPS) is 18.8. The number of aliphatic hydroxyl groups is 1. The van der Waals surface area contributed by atoms with Gasteiger partial charge in [-0.15, -0.1) is 0 Å². The molecule has 1 fully saturated rings. The number of hydrogen-bond acceptors (Lipinski definition) is 6. The Balaban J connectivity index is 1.72. The van der Waals surface area contributed by atoms with Crippen LogP contribution in [0, 0.1) is 0 Å². The maximum absolute atomic E-state index is 12.6. The van der Waals surface area contributed by atoms with E-state index in [0.29, 0.717) is 17.7 Å². The Bertz CT molecular complexity index is 858. The maximum Gasteiger partial charge on any atom is 0.255 e. The molecule has 0 aliphatic carbocycles. The molecule has 2 amide bonds. The summed E-state index contributed by atoms with van der Waals surface area (Å²) in [5.41, 5.74) is 1.02. The first-order chi connectivity index (χ1) is 13.0. The molecule has 2 aromatic carbocycles. The minimum absolute atomic E-state index is 0.135. The van der Waals surface area contributed by atoms with Gasteiger partial charge in [-0.05, 0) is 41.8 Å². The molecule has 1 aliphatic heterocycles. The molecule has 2 atom stereocenters. The summed E-state index contributed by atoms with van der Waals surface area (Å²) >= 11 is 1.14. The minimum Gasteiger partial charge on any atom is -0.508 e. The topological polar surface area (TPSA) is 108 Å². The van der Waals surface area contributed by atoms with Crippen LogP contribution in [0.25, 0.3) is 0 Å². The van der Waals surface area contributed by atoms with E-state index in [1.165, 1.54) is 7.11 Å². The van der Waals surface area contributed by atoms with E-state index in [0.717, 1.165) is 22.9 Å². The summed E-state index contributed by atoms with van der Waals surface area (Å²) in [4.78, 5) is 24.4. The first-order valence-corrected chi connectivity index (χ1v) is 9.27. The number of thioether (sulfide) groups is 1. The van der Waals surface area contributed by atoms with Crippen LogP contribution in [-0.4, -0.2) is 39.9 Å². The first-order valence-electron chi connectivity index (χ1n) is 8.33. The van der Waals surface area contributed by atoms with E-state index >= 15 is 0 Å². The molecule has 0 spiro atoms. The van der Waals surface area contributed by atoms with Crippen LogP contribution in [0.5, 0.6) is 11.5 Å². The van der Waals surface area contributed by atoms with Crippen LogP contribution in [0.15, 0.2) is 42.5 Å². The number of amides is 2. The van der Waals surface area contributed by atoms with E-state index in [1.807, 2.05) is 0 Å². The fourth-order valence-electron chi connectivity index (χ4n) is 2.82. The Labute approximate surface area is 160 Å². The van der Waals surface area contributed by atoms with Gasteiger partial charge in [0.15, 0.2) is 5.56 Å². The third-order valence-electron chi connectivity index (χ3n) is 4.14. The monoisotopic (exact) mass is 388 g/mol. The summed E-state index contributed by atoms with van der Waals surface area (Å²) in [6.45, 7) is 0.258. The predicted octanol–water partition coefficient (Wildman–Crippen LogP) is 1.38. The number of methoxy groups -OCH3 is 1. The SMILES string of the molecule is COc1ccc(CC2SC(O)NC2=O)cc1C(=O)NCc1cccc(O)c1. The van der Waals surface area contributed by atoms with Gasteiger partial charge < -0.3 is 25.6 Å². The molecule has 0 saturated carbocycles. The van der Waals surface area contributed by atoms with Crippen LogP contribution in [0.1, 0.15) is 21.5 Å². The zero-order valence-corrected chi connectivity index (χ0v) is 15.5. The average Bonchev–Trinajstić information content (AvgIpc) is 2.96. The van der Waals surface area contributed by atoms with Crippen molar-refractivity contribution in [2.24, 2.45) is 0 Å². The maximum atomic E-state index is 12.6. The van der Waals surface area contributed by atoms with E-state index in [9.17, 15) is 19.8 Å². The summed E-state index contributed by atoms with van der Waals surface area (Å²) in [6, 6.07) is 11.8. The standard InChI is InChI=1S/C19H20N2O5S/c1-26-15-6-5-11(9-16-18(24)21-19(25)27-16)8-14(15)17(23)20-10-12-3-2-4-13(22)7-12/h2-8,16,19,22,25H,9-10H2,1H3,(H,20,23)(H,21,24). The fraction of sp³-hybridized carbons (Fsp3) is 0.263. The van der Waals surface area contributed by atoms with Gasteiger partial charge in [-0.2, -0.15) is 0 Å². The molecule has 1 aliphatic rings. The lowest BCUT2D eigenvalue weighted by molar-refractivity contribution is -0.121. The lowest BCUT2D eigenvalue weighted by atomic mass is 10.0. The molecule has 3 rings (SSSR count). The molecular weight excluding hydrogens is 368 g/mol. The molecule has 4 N–H and O–H groups in total. The van der Waals surface area contributed by atoms with Crippen molar-refractivity contribution >= 4 is 23.6 Å². The molecule has 142 valence electrons. The average molecular weight is 388 g/mol. The van der Waals surface area contributed by atoms with Crippen molar-refractivity contribution < 1.29 is 24.5 Å². The highest BCUT2D eigenvalue weighted by Gasteiger charge is 2.31. The Morgan fingerprint density at radius 1 is 1.26 bits per heavy atom. The second-order valence-corrected chi connectivity index (χ2v) is 7.36. The zero-order valence-electron chi connectivity index (χ0n) is 14.6. The van der Waals surface area contributed by atoms with Crippen molar-refractivity contribution in [3.05, 3.63) is 59.2 Å². The molecule has 27 heavy (non-hydrogen) atoms. The number of aliphatic hydroxyl groups excluding tert-OH is 1. The second kappa shape index (κ2) is 8.32. The molecule has 0 bridgehead atoms. The number of phenolic OH excluding ortho intramolecular Hbond substituents is 1. The van der Waals surface area contributed by atoms with Crippen LogP contribution in [-0.2, 0) is 17.8 Å². The van der Waals surface area contributed by atoms with E-state index in [4.69, 9.17) is 4.74 Å². The summed E-state index contributed by atoms with van der Waals surface area (Å²) in [5, 5.41) is 23.8. The molecular formula is C19H20N2O5S. The van der Waals surface area contributed by atoms with Crippen molar-refractivity contribution in [3.8, 4) is 11.5 Å². The van der Waals surface area contributed by atoms with Crippen LogP contribution >= 0.6 is 11.8 Å². The van der Waals surface area contributed by atoms with Crippen molar-refractivity contribution in [3.63, 3.8) is 0 Å². The van der Waals surface area contributed by atoms with Crippen LogP contribution < -0.4 is 15.4 Å². The number of ether oxygens (including phenoxy) is 1. The molecule has 0 aromatic heterocycles. The van der Waals surface area contributed by atoms with Crippen molar-refractivity contribution in [1.82, 2.24) is 10.6 Å². The summed E-state index contributed by atoms with van der Waals surface area (Å²) < 4.78 is 5.28. The van der Waals surface area contributed by atoms with Gasteiger partial charge in [0.2, 0.25) is 5.91 Å². The quantitative estimate of drug-likeness (QED) is 0.596. The van der Waals surface area contributed by atoms with Crippen LogP contribution in [0.2, 0.25) is 0 Å². The molecule has 2 unspecified atom stereocenters. The predicted molar refractivity (Wildman–Crippen MR) is 102 cm³/mol. The van der Waals surface area contributed by atoms with Gasteiger partial charge in [0, 0.05) is 6.54 Å². The van der Waals surface area contributed by atoms with E-state index in [2.05, 4.69) is 10.6 Å². The highest BCUT2D eigenvalue weighted by Crippen LogP contribution is 2.27. The van der Waals surface area contributed by atoms with Crippen molar-refractivity contribution in [2.45, 2.75) is 23.8 Å². The van der Waals surface area contributed by atoms with Gasteiger partial charge in [0.1, 0.15) is 11.5 Å². The largest absolute Gasteiger partial charge is 0.508 e. The Hall–Kier alpha value is -2.71. The number of hydrogen-bond donors (Lipinski definition) is 4. The fourth-order valence-corrected chi connectivity index (χ4v) is 3.80. The molecule has 1 saturated heterocycles. The highest BCUT2D eigenvalue weighted by atomic mass is 32.2. The number of carbonyl (C=O) groups excluding carboxylic acids is 2. The van der Waals surface area contributed by atoms with Crippen LogP contribution in [0.4, 0.5) is 0 Å². The third kappa shape index (κ3) is 4.72. The van der Waals surface area contributed by atoms with Gasteiger partial charge >= 0.3 is 0 Å². The summed E-state index contributed by atoms with van der Waals surface area (Å²) in [6.07, 6.45) is 0.393. The molecule has 1 heterocycles. The van der Waals surface area contributed by atoms with Gasteiger partial charge in [0.05, 0.1) is 17.9 Å². The number of phenols is 1. The Kier molecular flexibility index (Phi) is 5.88. The van der Waals surface area contributed by atoms with Crippen molar-refractivity contribution in [2.75, 3.05) is 7.11 Å². The van der Waals surface area contributed by atoms with E-state index in [-0.39, 0.29) is 24.1 Å². The van der Waals surface area contributed by atoms with Crippen molar-refractivity contribution in [1.29, 1.82) is 0 Å². The lowest BCUT2D eigenvalue weighted by Crippen LogP contribution is -2.28. The number of benzene rings is 2. The summed E-state index contributed by atoms with van der Waals surface area (Å²) in [5.74, 6) is 0.0189. The molecule has 2 aromatic rings. The third-order valence-corrected chi connectivity index (χ3v) is 5.23. The van der Waals surface area contributed by atoms with Gasteiger partial charge in [-0.3, -0.25) is 9.59 Å². The number of nitrogens with one attached hydrogen (secondary N) is 2. The first kappa shape index (κ1) is 19.1. The molecule has 7 nitrogen and oxygen atoms in total. The molecule has 0 radical (unpaired) electrons. The van der Waals surface area contributed by atoms with E-state index in [1.54, 1.807) is 42.5 Å². The zero-order chi connectivity index (χ0) is 19.4. The lowest BCUT2D eigenvalue weighted by Gasteiger charge is -2.13. The second-order valence-electron chi connectivity index (χ2n) is 6.08. The van der Waals surface area contributed by atoms with Gasteiger partial charge in [-0.1, -0.05) is 30.0 Å². The van der Waals surface area contributed by atoms with Gasteiger partial charge in [0.25, 0.3) is 5.91 Å². The minimum atomic E-state index is -0.897. The molecule has 8 heteroatoms. The Morgan fingerprint density at radius 2 is 2.07 bits per heavy atom. The smallest absolute Gasteiger partial charge is 0.255 e. The summed E-state index contributed by atoms with van der Waals surface area (Å²) in [7, 11) is 1.48. The van der Waals surface area contributed by atoms with Gasteiger partial charge in [-0.25, -0.2) is 0 Å². The highest BCUT2D eigenvalue weighted by molar-refractivity contribution is 8.01. The number of aromatic hydroxyl groups is 1.